The highest BCUT2D eigenvalue weighted by molar-refractivity contribution is 6.31. The van der Waals surface area contributed by atoms with Crippen molar-refractivity contribution < 1.29 is 14.3 Å². The second-order valence-corrected chi connectivity index (χ2v) is 2.52. The number of carbonyl (C=O) groups is 2. The topological polar surface area (TPSA) is 80.4 Å². The first-order valence-electron chi connectivity index (χ1n) is 4.20. The summed E-state index contributed by atoms with van der Waals surface area (Å²) in [5, 5.41) is 7.16. The summed E-state index contributed by atoms with van der Waals surface area (Å²) in [6, 6.07) is 0. The van der Waals surface area contributed by atoms with Gasteiger partial charge in [-0.15, -0.1) is 0 Å². The number of Topliss-reactive ketones (excluding diaryl/α,β-unsaturated/α-hetero) is 1. The zero-order chi connectivity index (χ0) is 10.9. The summed E-state index contributed by atoms with van der Waals surface area (Å²) in [5.74, 6) is -0.999. The number of esters is 1. The molecule has 0 aromatic heterocycles. The molecule has 0 unspecified atom stereocenters. The van der Waals surface area contributed by atoms with Gasteiger partial charge in [-0.3, -0.25) is 14.6 Å². The molecule has 6 heteroatoms. The van der Waals surface area contributed by atoms with Gasteiger partial charge in [-0.2, -0.15) is 10.2 Å². The molecular formula is C9H9N3O3. The normalized spacial score (nSPS) is 24.3. The molecule has 0 fully saturated rings. The van der Waals surface area contributed by atoms with E-state index in [4.69, 9.17) is 4.74 Å². The molecule has 0 aromatic carbocycles. The minimum atomic E-state index is -0.587. The fraction of sp³-hybridized carbons (Fsp3) is 0.222. The SMILES string of the molecule is O=C1C=N\C=C/N=N\C=C/COC(=O)C1. The molecule has 0 bridgehead atoms. The van der Waals surface area contributed by atoms with E-state index >= 15 is 0 Å². The van der Waals surface area contributed by atoms with E-state index in [0.717, 1.165) is 6.21 Å². The molecule has 0 amide bonds. The quantitative estimate of drug-likeness (QED) is 0.439. The maximum absolute atomic E-state index is 11.0. The largest absolute Gasteiger partial charge is 0.461 e. The summed E-state index contributed by atoms with van der Waals surface area (Å²) < 4.78 is 4.70. The van der Waals surface area contributed by atoms with Crippen LogP contribution >= 0.6 is 0 Å². The number of hydrogen-bond donors (Lipinski definition) is 0. The second-order valence-electron chi connectivity index (χ2n) is 2.52. The molecule has 0 atom stereocenters. The average Bonchev–Trinajstić information content (AvgIpc) is 2.21. The lowest BCUT2D eigenvalue weighted by molar-refractivity contribution is -0.143. The van der Waals surface area contributed by atoms with Gasteiger partial charge in [-0.25, -0.2) is 0 Å². The third-order valence-electron chi connectivity index (χ3n) is 1.34. The fourth-order valence-electron chi connectivity index (χ4n) is 0.742. The highest BCUT2D eigenvalue weighted by Gasteiger charge is 2.07. The Morgan fingerprint density at radius 1 is 1.13 bits per heavy atom. The van der Waals surface area contributed by atoms with Crippen LogP contribution < -0.4 is 0 Å². The van der Waals surface area contributed by atoms with Crippen LogP contribution in [0.3, 0.4) is 0 Å². The molecule has 1 aliphatic heterocycles. The number of ether oxygens (including phenoxy) is 1. The zero-order valence-electron chi connectivity index (χ0n) is 7.87. The van der Waals surface area contributed by atoms with Gasteiger partial charge in [0.25, 0.3) is 0 Å². The molecule has 0 saturated heterocycles. The van der Waals surface area contributed by atoms with Crippen molar-refractivity contribution >= 4 is 18.0 Å². The first-order valence-corrected chi connectivity index (χ1v) is 4.20. The van der Waals surface area contributed by atoms with E-state index < -0.39 is 11.8 Å². The Kier molecular flexibility index (Phi) is 4.65. The van der Waals surface area contributed by atoms with Crippen molar-refractivity contribution in [1.82, 2.24) is 0 Å². The third kappa shape index (κ3) is 5.25. The van der Waals surface area contributed by atoms with E-state index in [-0.39, 0.29) is 13.0 Å². The Balaban J connectivity index is 2.66. The van der Waals surface area contributed by atoms with E-state index in [2.05, 4.69) is 15.2 Å². The molecule has 78 valence electrons. The van der Waals surface area contributed by atoms with Crippen LogP contribution in [0.4, 0.5) is 0 Å². The predicted octanol–water partition coefficient (Wildman–Crippen LogP) is 1.01. The van der Waals surface area contributed by atoms with Gasteiger partial charge >= 0.3 is 5.97 Å². The van der Waals surface area contributed by atoms with Crippen molar-refractivity contribution in [3.05, 3.63) is 24.7 Å². The van der Waals surface area contributed by atoms with Crippen molar-refractivity contribution in [3.8, 4) is 0 Å². The van der Waals surface area contributed by atoms with Crippen LogP contribution in [-0.2, 0) is 14.3 Å². The number of aliphatic imine (C=N–C) groups is 1. The van der Waals surface area contributed by atoms with Gasteiger partial charge in [0.2, 0.25) is 0 Å². The lowest BCUT2D eigenvalue weighted by Crippen LogP contribution is -2.11. The Morgan fingerprint density at radius 3 is 2.80 bits per heavy atom. The Morgan fingerprint density at radius 2 is 1.93 bits per heavy atom. The zero-order valence-corrected chi connectivity index (χ0v) is 7.87. The molecule has 0 saturated carbocycles. The van der Waals surface area contributed by atoms with Crippen molar-refractivity contribution in [3.63, 3.8) is 0 Å². The smallest absolute Gasteiger partial charge is 0.314 e. The van der Waals surface area contributed by atoms with Crippen LogP contribution in [-0.4, -0.2) is 24.6 Å². The summed E-state index contributed by atoms with van der Waals surface area (Å²) >= 11 is 0. The molecular weight excluding hydrogens is 198 g/mol. The van der Waals surface area contributed by atoms with Crippen molar-refractivity contribution in [1.29, 1.82) is 0 Å². The molecule has 1 heterocycles. The van der Waals surface area contributed by atoms with Gasteiger partial charge in [0.1, 0.15) is 13.0 Å². The van der Waals surface area contributed by atoms with Crippen molar-refractivity contribution in [2.24, 2.45) is 15.2 Å². The lowest BCUT2D eigenvalue weighted by Gasteiger charge is -1.97. The summed E-state index contributed by atoms with van der Waals surface area (Å²) in [5.41, 5.74) is 0. The monoisotopic (exact) mass is 207 g/mol. The van der Waals surface area contributed by atoms with Gasteiger partial charge in [0.15, 0.2) is 5.78 Å². The van der Waals surface area contributed by atoms with Crippen LogP contribution in [0.1, 0.15) is 6.42 Å². The van der Waals surface area contributed by atoms with Gasteiger partial charge in [0, 0.05) is 12.4 Å². The van der Waals surface area contributed by atoms with Crippen LogP contribution in [0.2, 0.25) is 0 Å². The molecule has 0 spiro atoms. The maximum Gasteiger partial charge on any atom is 0.314 e. The van der Waals surface area contributed by atoms with E-state index in [1.54, 1.807) is 0 Å². The summed E-state index contributed by atoms with van der Waals surface area (Å²) in [6.45, 7) is 0.0754. The van der Waals surface area contributed by atoms with Crippen LogP contribution in [0, 0.1) is 0 Å². The highest BCUT2D eigenvalue weighted by Crippen LogP contribution is 1.91. The molecule has 1 aliphatic rings. The standard InChI is InChI=1S/C9H9N3O3/c13-8-6-9(14)15-5-1-2-11-12-4-3-10-7-8/h1-4,7H,5-6H2/b2-1-,4-3-,10-7?,12-11-. The number of hydrogen-bond acceptors (Lipinski definition) is 6. The number of rotatable bonds is 0. The summed E-state index contributed by atoms with van der Waals surface area (Å²) in [6.07, 6.45) is 6.27. The predicted molar refractivity (Wildman–Crippen MR) is 52.2 cm³/mol. The highest BCUT2D eigenvalue weighted by atomic mass is 16.5. The second kappa shape index (κ2) is 6.36. The molecule has 6 nitrogen and oxygen atoms in total. The number of carbonyl (C=O) groups excluding carboxylic acids is 2. The van der Waals surface area contributed by atoms with E-state index in [0.29, 0.717) is 0 Å². The first-order chi connectivity index (χ1) is 7.29. The van der Waals surface area contributed by atoms with E-state index in [1.165, 1.54) is 24.7 Å². The minimum Gasteiger partial charge on any atom is -0.461 e. The third-order valence-corrected chi connectivity index (χ3v) is 1.34. The molecule has 1 rings (SSSR count). The van der Waals surface area contributed by atoms with Crippen molar-refractivity contribution in [2.75, 3.05) is 6.61 Å². The Labute approximate surface area is 86.1 Å². The number of ketones is 1. The number of cyclic esters (lactones) is 1. The summed E-state index contributed by atoms with van der Waals surface area (Å²) in [4.78, 5) is 25.6. The first kappa shape index (κ1) is 11.0. The molecule has 15 heavy (non-hydrogen) atoms. The molecule has 0 aromatic rings. The van der Waals surface area contributed by atoms with Gasteiger partial charge in [-0.05, 0) is 6.08 Å². The van der Waals surface area contributed by atoms with Gasteiger partial charge < -0.3 is 4.74 Å². The van der Waals surface area contributed by atoms with E-state index in [1.807, 2.05) is 0 Å². The average molecular weight is 207 g/mol. The van der Waals surface area contributed by atoms with Crippen molar-refractivity contribution in [2.45, 2.75) is 6.42 Å². The summed E-state index contributed by atoms with van der Waals surface area (Å²) in [7, 11) is 0. The molecule has 0 N–H and O–H groups in total. The Bertz CT molecular complexity index is 356. The maximum atomic E-state index is 11.0. The fourth-order valence-corrected chi connectivity index (χ4v) is 0.742. The van der Waals surface area contributed by atoms with E-state index in [9.17, 15) is 9.59 Å². The van der Waals surface area contributed by atoms with Crippen LogP contribution in [0.5, 0.6) is 0 Å². The molecule has 0 aliphatic carbocycles. The Hall–Kier alpha value is -2.11. The van der Waals surface area contributed by atoms with Gasteiger partial charge in [-0.1, -0.05) is 0 Å². The minimum absolute atomic E-state index is 0.0754. The number of nitrogens with zero attached hydrogens (tertiary/aromatic N) is 3. The van der Waals surface area contributed by atoms with Crippen LogP contribution in [0.25, 0.3) is 0 Å². The molecule has 0 radical (unpaired) electrons. The number of azo groups is 1. The van der Waals surface area contributed by atoms with Gasteiger partial charge in [0.05, 0.1) is 12.4 Å². The van der Waals surface area contributed by atoms with Crippen LogP contribution in [0.15, 0.2) is 39.9 Å². The lowest BCUT2D eigenvalue weighted by atomic mass is 10.3.